The van der Waals surface area contributed by atoms with Crippen molar-refractivity contribution in [3.05, 3.63) is 59.7 Å². The topological polar surface area (TPSA) is 46.5 Å². The second-order valence-electron chi connectivity index (χ2n) is 5.78. The molecule has 0 heterocycles. The molecule has 3 heteroatoms. The smallest absolute Gasteiger partial charge is 0.339 e. The SMILES string of the molecule is O=C(O)c1ccccc1Oc1ccccc1C1CCCCC1. The summed E-state index contributed by atoms with van der Waals surface area (Å²) in [6.07, 6.45) is 6.18. The van der Waals surface area contributed by atoms with Gasteiger partial charge in [-0.2, -0.15) is 0 Å². The van der Waals surface area contributed by atoms with Crippen molar-refractivity contribution in [1.82, 2.24) is 0 Å². The predicted octanol–water partition coefficient (Wildman–Crippen LogP) is 5.22. The van der Waals surface area contributed by atoms with Crippen molar-refractivity contribution in [3.8, 4) is 11.5 Å². The van der Waals surface area contributed by atoms with Crippen LogP contribution in [0.5, 0.6) is 11.5 Å². The van der Waals surface area contributed by atoms with Gasteiger partial charge in [-0.05, 0) is 42.5 Å². The van der Waals surface area contributed by atoms with Crippen molar-refractivity contribution >= 4 is 5.97 Å². The molecule has 0 saturated heterocycles. The molecule has 3 rings (SSSR count). The van der Waals surface area contributed by atoms with Gasteiger partial charge in [0.05, 0.1) is 0 Å². The molecule has 1 saturated carbocycles. The number of benzene rings is 2. The summed E-state index contributed by atoms with van der Waals surface area (Å²) in [4.78, 5) is 11.3. The van der Waals surface area contributed by atoms with Crippen LogP contribution < -0.4 is 4.74 Å². The van der Waals surface area contributed by atoms with E-state index in [0.29, 0.717) is 11.7 Å². The molecule has 0 bridgehead atoms. The normalized spacial score (nSPS) is 15.5. The van der Waals surface area contributed by atoms with Crippen LogP contribution >= 0.6 is 0 Å². The van der Waals surface area contributed by atoms with Gasteiger partial charge < -0.3 is 9.84 Å². The Bertz CT molecular complexity index is 657. The minimum absolute atomic E-state index is 0.195. The molecule has 0 radical (unpaired) electrons. The standard InChI is InChI=1S/C19H20O3/c20-19(21)16-11-5-7-13-18(16)22-17-12-6-4-10-15(17)14-8-2-1-3-9-14/h4-7,10-14H,1-3,8-9H2,(H,20,21). The van der Waals surface area contributed by atoms with Gasteiger partial charge in [-0.15, -0.1) is 0 Å². The molecule has 1 N–H and O–H groups in total. The maximum Gasteiger partial charge on any atom is 0.339 e. The predicted molar refractivity (Wildman–Crippen MR) is 85.7 cm³/mol. The van der Waals surface area contributed by atoms with E-state index in [1.54, 1.807) is 24.3 Å². The quantitative estimate of drug-likeness (QED) is 0.840. The molecule has 114 valence electrons. The first kappa shape index (κ1) is 14.6. The largest absolute Gasteiger partial charge is 0.478 e. The third-order valence-electron chi connectivity index (χ3n) is 4.30. The Morgan fingerprint density at radius 2 is 1.55 bits per heavy atom. The fourth-order valence-corrected chi connectivity index (χ4v) is 3.18. The molecule has 2 aromatic rings. The highest BCUT2D eigenvalue weighted by Crippen LogP contribution is 2.39. The molecule has 1 aliphatic carbocycles. The van der Waals surface area contributed by atoms with Crippen LogP contribution in [0, 0.1) is 0 Å². The number of carboxylic acids is 1. The highest BCUT2D eigenvalue weighted by Gasteiger charge is 2.20. The fraction of sp³-hybridized carbons (Fsp3) is 0.316. The van der Waals surface area contributed by atoms with Crippen molar-refractivity contribution in [2.45, 2.75) is 38.0 Å². The lowest BCUT2D eigenvalue weighted by Gasteiger charge is -2.24. The zero-order valence-corrected chi connectivity index (χ0v) is 12.5. The van der Waals surface area contributed by atoms with Crippen molar-refractivity contribution in [1.29, 1.82) is 0 Å². The van der Waals surface area contributed by atoms with E-state index in [0.717, 1.165) is 5.75 Å². The van der Waals surface area contributed by atoms with E-state index < -0.39 is 5.97 Å². The van der Waals surface area contributed by atoms with Gasteiger partial charge in [0.25, 0.3) is 0 Å². The summed E-state index contributed by atoms with van der Waals surface area (Å²) < 4.78 is 5.97. The fourth-order valence-electron chi connectivity index (χ4n) is 3.18. The number of hydrogen-bond donors (Lipinski definition) is 1. The lowest BCUT2D eigenvalue weighted by Crippen LogP contribution is -2.06. The lowest BCUT2D eigenvalue weighted by molar-refractivity contribution is 0.0694. The first-order chi connectivity index (χ1) is 10.8. The Hall–Kier alpha value is -2.29. The Labute approximate surface area is 130 Å². The Morgan fingerprint density at radius 1 is 0.909 bits per heavy atom. The van der Waals surface area contributed by atoms with Crippen LogP contribution in [0.1, 0.15) is 53.9 Å². The average molecular weight is 296 g/mol. The number of rotatable bonds is 4. The van der Waals surface area contributed by atoms with Crippen LogP contribution in [0.2, 0.25) is 0 Å². The number of hydrogen-bond acceptors (Lipinski definition) is 2. The Balaban J connectivity index is 1.91. The summed E-state index contributed by atoms with van der Waals surface area (Å²) in [5, 5.41) is 9.28. The summed E-state index contributed by atoms with van der Waals surface area (Å²) in [5.74, 6) is 0.731. The van der Waals surface area contributed by atoms with E-state index in [1.807, 2.05) is 18.2 Å². The van der Waals surface area contributed by atoms with E-state index in [1.165, 1.54) is 37.7 Å². The number of aromatic carboxylic acids is 1. The molecular weight excluding hydrogens is 276 g/mol. The number of carbonyl (C=O) groups is 1. The second-order valence-corrected chi connectivity index (χ2v) is 5.78. The van der Waals surface area contributed by atoms with Crippen LogP contribution in [0.15, 0.2) is 48.5 Å². The number of ether oxygens (including phenoxy) is 1. The maximum absolute atomic E-state index is 11.3. The molecule has 0 amide bonds. The molecule has 0 aliphatic heterocycles. The van der Waals surface area contributed by atoms with Gasteiger partial charge in [0.1, 0.15) is 17.1 Å². The van der Waals surface area contributed by atoms with Crippen molar-refractivity contribution in [3.63, 3.8) is 0 Å². The Kier molecular flexibility index (Phi) is 4.42. The van der Waals surface area contributed by atoms with E-state index >= 15 is 0 Å². The molecule has 1 aliphatic rings. The minimum atomic E-state index is -0.967. The molecule has 0 spiro atoms. The summed E-state index contributed by atoms with van der Waals surface area (Å²) in [7, 11) is 0. The molecule has 2 aromatic carbocycles. The highest BCUT2D eigenvalue weighted by molar-refractivity contribution is 5.90. The zero-order valence-electron chi connectivity index (χ0n) is 12.5. The summed E-state index contributed by atoms with van der Waals surface area (Å²) in [6, 6.07) is 14.8. The van der Waals surface area contributed by atoms with E-state index in [9.17, 15) is 9.90 Å². The van der Waals surface area contributed by atoms with Crippen LogP contribution in [-0.4, -0.2) is 11.1 Å². The van der Waals surface area contributed by atoms with Crippen LogP contribution in [0.3, 0.4) is 0 Å². The van der Waals surface area contributed by atoms with Gasteiger partial charge >= 0.3 is 5.97 Å². The van der Waals surface area contributed by atoms with Gasteiger partial charge in [-0.3, -0.25) is 0 Å². The molecular formula is C19H20O3. The Morgan fingerprint density at radius 3 is 2.27 bits per heavy atom. The third-order valence-corrected chi connectivity index (χ3v) is 4.30. The first-order valence-electron chi connectivity index (χ1n) is 7.85. The molecule has 0 aromatic heterocycles. The zero-order chi connectivity index (χ0) is 15.4. The third kappa shape index (κ3) is 3.14. The molecule has 0 unspecified atom stereocenters. The highest BCUT2D eigenvalue weighted by atomic mass is 16.5. The van der Waals surface area contributed by atoms with Gasteiger partial charge in [-0.25, -0.2) is 4.79 Å². The van der Waals surface area contributed by atoms with Gasteiger partial charge in [-0.1, -0.05) is 49.6 Å². The molecule has 3 nitrogen and oxygen atoms in total. The molecule has 22 heavy (non-hydrogen) atoms. The monoisotopic (exact) mass is 296 g/mol. The van der Waals surface area contributed by atoms with E-state index in [2.05, 4.69) is 6.07 Å². The second kappa shape index (κ2) is 6.65. The van der Waals surface area contributed by atoms with E-state index in [-0.39, 0.29) is 5.56 Å². The summed E-state index contributed by atoms with van der Waals surface area (Å²) in [6.45, 7) is 0. The van der Waals surface area contributed by atoms with Crippen molar-refractivity contribution in [2.24, 2.45) is 0 Å². The van der Waals surface area contributed by atoms with E-state index in [4.69, 9.17) is 4.74 Å². The van der Waals surface area contributed by atoms with Gasteiger partial charge in [0.2, 0.25) is 0 Å². The average Bonchev–Trinajstić information content (AvgIpc) is 2.56. The van der Waals surface area contributed by atoms with Crippen molar-refractivity contribution < 1.29 is 14.6 Å². The lowest BCUT2D eigenvalue weighted by atomic mass is 9.84. The van der Waals surface area contributed by atoms with Crippen LogP contribution in [0.4, 0.5) is 0 Å². The van der Waals surface area contributed by atoms with Crippen molar-refractivity contribution in [2.75, 3.05) is 0 Å². The first-order valence-corrected chi connectivity index (χ1v) is 7.85. The number of para-hydroxylation sites is 2. The summed E-state index contributed by atoms with van der Waals surface area (Å²) >= 11 is 0. The maximum atomic E-state index is 11.3. The number of carboxylic acid groups (broad SMARTS) is 1. The van der Waals surface area contributed by atoms with Crippen LogP contribution in [-0.2, 0) is 0 Å². The van der Waals surface area contributed by atoms with Crippen LogP contribution in [0.25, 0.3) is 0 Å². The minimum Gasteiger partial charge on any atom is -0.478 e. The van der Waals surface area contributed by atoms with Gasteiger partial charge in [0, 0.05) is 0 Å². The van der Waals surface area contributed by atoms with Gasteiger partial charge in [0.15, 0.2) is 0 Å². The molecule has 1 fully saturated rings. The summed E-state index contributed by atoms with van der Waals surface area (Å²) in [5.41, 5.74) is 1.39. The molecule has 0 atom stereocenters.